The number of nitrogens with one attached hydrogen (secondary N) is 1. The van der Waals surface area contributed by atoms with Crippen LogP contribution in [-0.2, 0) is 19.6 Å². The number of rotatable bonds is 8. The summed E-state index contributed by atoms with van der Waals surface area (Å²) < 4.78 is 1.55. The summed E-state index contributed by atoms with van der Waals surface area (Å²) in [6.07, 6.45) is 4.11. The molecule has 0 spiro atoms. The number of likely N-dealkylation sites (tertiary alicyclic amines) is 1. The third-order valence-corrected chi connectivity index (χ3v) is 6.12. The highest BCUT2D eigenvalue weighted by Gasteiger charge is 2.19. The van der Waals surface area contributed by atoms with Gasteiger partial charge in [0.2, 0.25) is 0 Å². The highest BCUT2D eigenvalue weighted by molar-refractivity contribution is 5.29. The molecule has 0 unspecified atom stereocenters. The second-order valence-electron chi connectivity index (χ2n) is 8.44. The number of hydrogen-bond acceptors (Lipinski definition) is 4. The number of aromatic nitrogens is 1. The lowest BCUT2D eigenvalue weighted by atomic mass is 9.96. The first-order chi connectivity index (χ1) is 15.2. The molecule has 0 saturated carbocycles. The van der Waals surface area contributed by atoms with Gasteiger partial charge in [0.15, 0.2) is 5.75 Å². The van der Waals surface area contributed by atoms with Crippen LogP contribution in [0, 0.1) is 5.92 Å². The maximum atomic E-state index is 12.5. The molecule has 1 fully saturated rings. The predicted octanol–water partition coefficient (Wildman–Crippen LogP) is 3.60. The van der Waals surface area contributed by atoms with Crippen molar-refractivity contribution in [2.45, 2.75) is 32.5 Å². The number of piperidine rings is 1. The SMILES string of the molecule is O=c1c(O)c(CNCC2CCN(Cc3ccccc3)CC2)ccn1Cc1ccccc1. The Morgan fingerprint density at radius 2 is 1.48 bits per heavy atom. The maximum absolute atomic E-state index is 12.5. The van der Waals surface area contributed by atoms with Gasteiger partial charge in [-0.3, -0.25) is 9.69 Å². The number of benzene rings is 2. The lowest BCUT2D eigenvalue weighted by Gasteiger charge is -2.32. The fraction of sp³-hybridized carbons (Fsp3) is 0.346. The average Bonchev–Trinajstić information content (AvgIpc) is 2.81. The molecular formula is C26H31N3O2. The summed E-state index contributed by atoms with van der Waals surface area (Å²) in [5, 5.41) is 13.8. The second-order valence-corrected chi connectivity index (χ2v) is 8.44. The first kappa shape index (κ1) is 21.3. The fourth-order valence-corrected chi connectivity index (χ4v) is 4.25. The zero-order valence-electron chi connectivity index (χ0n) is 17.9. The molecule has 0 radical (unpaired) electrons. The Morgan fingerprint density at radius 3 is 2.13 bits per heavy atom. The smallest absolute Gasteiger partial charge is 0.293 e. The molecule has 0 bridgehead atoms. The van der Waals surface area contributed by atoms with Gasteiger partial charge in [0.1, 0.15) is 0 Å². The predicted molar refractivity (Wildman–Crippen MR) is 124 cm³/mol. The molecule has 31 heavy (non-hydrogen) atoms. The van der Waals surface area contributed by atoms with Crippen molar-refractivity contribution < 1.29 is 5.11 Å². The largest absolute Gasteiger partial charge is 0.503 e. The molecule has 2 aromatic carbocycles. The van der Waals surface area contributed by atoms with Gasteiger partial charge in [0, 0.05) is 24.8 Å². The lowest BCUT2D eigenvalue weighted by Crippen LogP contribution is -2.36. The van der Waals surface area contributed by atoms with Crippen LogP contribution in [0.4, 0.5) is 0 Å². The minimum Gasteiger partial charge on any atom is -0.503 e. The molecule has 1 aromatic heterocycles. The van der Waals surface area contributed by atoms with Crippen LogP contribution in [0.2, 0.25) is 0 Å². The van der Waals surface area contributed by atoms with Crippen molar-refractivity contribution in [2.24, 2.45) is 5.92 Å². The van der Waals surface area contributed by atoms with E-state index in [1.165, 1.54) is 18.4 Å². The van der Waals surface area contributed by atoms with E-state index in [0.717, 1.165) is 31.7 Å². The number of hydrogen-bond donors (Lipinski definition) is 2. The Kier molecular flexibility index (Phi) is 7.18. The Balaban J connectivity index is 1.24. The van der Waals surface area contributed by atoms with Crippen molar-refractivity contribution in [3.63, 3.8) is 0 Å². The molecule has 1 saturated heterocycles. The van der Waals surface area contributed by atoms with Crippen LogP contribution >= 0.6 is 0 Å². The zero-order valence-corrected chi connectivity index (χ0v) is 17.9. The molecule has 0 atom stereocenters. The van der Waals surface area contributed by atoms with Crippen LogP contribution in [0.3, 0.4) is 0 Å². The van der Waals surface area contributed by atoms with Crippen molar-refractivity contribution in [1.82, 2.24) is 14.8 Å². The van der Waals surface area contributed by atoms with Crippen LogP contribution < -0.4 is 10.9 Å². The van der Waals surface area contributed by atoms with Gasteiger partial charge in [-0.1, -0.05) is 60.7 Å². The van der Waals surface area contributed by atoms with Gasteiger partial charge in [0.05, 0.1) is 6.54 Å². The monoisotopic (exact) mass is 417 g/mol. The molecular weight excluding hydrogens is 386 g/mol. The van der Waals surface area contributed by atoms with E-state index in [2.05, 4.69) is 40.5 Å². The van der Waals surface area contributed by atoms with Crippen LogP contribution in [0.25, 0.3) is 0 Å². The Hall–Kier alpha value is -2.89. The fourth-order valence-electron chi connectivity index (χ4n) is 4.25. The number of nitrogens with zero attached hydrogens (tertiary/aromatic N) is 2. The Morgan fingerprint density at radius 1 is 0.871 bits per heavy atom. The molecule has 1 aliphatic rings. The van der Waals surface area contributed by atoms with E-state index in [1.54, 1.807) is 10.8 Å². The van der Waals surface area contributed by atoms with Crippen molar-refractivity contribution in [2.75, 3.05) is 19.6 Å². The van der Waals surface area contributed by atoms with Gasteiger partial charge in [-0.05, 0) is 55.6 Å². The quantitative estimate of drug-likeness (QED) is 0.588. The van der Waals surface area contributed by atoms with E-state index in [4.69, 9.17) is 0 Å². The molecule has 0 amide bonds. The topological polar surface area (TPSA) is 57.5 Å². The van der Waals surface area contributed by atoms with Crippen molar-refractivity contribution >= 4 is 0 Å². The first-order valence-electron chi connectivity index (χ1n) is 11.1. The number of pyridine rings is 1. The molecule has 2 N–H and O–H groups in total. The van der Waals surface area contributed by atoms with Crippen LogP contribution in [-0.4, -0.2) is 34.2 Å². The summed E-state index contributed by atoms with van der Waals surface area (Å²) in [4.78, 5) is 15.0. The molecule has 0 aliphatic carbocycles. The van der Waals surface area contributed by atoms with E-state index in [9.17, 15) is 9.90 Å². The first-order valence-corrected chi connectivity index (χ1v) is 11.1. The highest BCUT2D eigenvalue weighted by Crippen LogP contribution is 2.19. The second kappa shape index (κ2) is 10.4. The summed E-state index contributed by atoms with van der Waals surface area (Å²) in [6, 6.07) is 22.3. The molecule has 4 rings (SSSR count). The zero-order chi connectivity index (χ0) is 21.5. The molecule has 3 aromatic rings. The van der Waals surface area contributed by atoms with Gasteiger partial charge in [0.25, 0.3) is 5.56 Å². The molecule has 162 valence electrons. The Bertz CT molecular complexity index is 1010. The molecule has 1 aliphatic heterocycles. The van der Waals surface area contributed by atoms with Crippen LogP contribution in [0.5, 0.6) is 5.75 Å². The minimum atomic E-state index is -0.336. The summed E-state index contributed by atoms with van der Waals surface area (Å²) in [5.41, 5.74) is 2.73. The van der Waals surface area contributed by atoms with Crippen LogP contribution in [0.15, 0.2) is 77.7 Å². The van der Waals surface area contributed by atoms with Crippen molar-refractivity contribution in [1.29, 1.82) is 0 Å². The lowest BCUT2D eigenvalue weighted by molar-refractivity contribution is 0.175. The summed E-state index contributed by atoms with van der Waals surface area (Å²) in [5.74, 6) is 0.483. The molecule has 5 heteroatoms. The van der Waals surface area contributed by atoms with Gasteiger partial charge in [-0.25, -0.2) is 0 Å². The van der Waals surface area contributed by atoms with Crippen LogP contribution in [0.1, 0.15) is 29.5 Å². The third-order valence-electron chi connectivity index (χ3n) is 6.12. The van der Waals surface area contributed by atoms with Crippen molar-refractivity contribution in [3.05, 3.63) is 100.0 Å². The van der Waals surface area contributed by atoms with Gasteiger partial charge >= 0.3 is 0 Å². The average molecular weight is 418 g/mol. The number of aromatic hydroxyl groups is 1. The van der Waals surface area contributed by atoms with E-state index in [0.29, 0.717) is 24.6 Å². The van der Waals surface area contributed by atoms with Gasteiger partial charge < -0.3 is 15.0 Å². The van der Waals surface area contributed by atoms with E-state index < -0.39 is 0 Å². The van der Waals surface area contributed by atoms with Gasteiger partial charge in [-0.2, -0.15) is 0 Å². The molecule has 5 nitrogen and oxygen atoms in total. The molecule has 2 heterocycles. The van der Waals surface area contributed by atoms with E-state index in [1.807, 2.05) is 36.4 Å². The normalized spacial score (nSPS) is 15.2. The summed E-state index contributed by atoms with van der Waals surface area (Å²) in [7, 11) is 0. The van der Waals surface area contributed by atoms with E-state index in [-0.39, 0.29) is 11.3 Å². The maximum Gasteiger partial charge on any atom is 0.293 e. The van der Waals surface area contributed by atoms with Gasteiger partial charge in [-0.15, -0.1) is 0 Å². The highest BCUT2D eigenvalue weighted by atomic mass is 16.3. The van der Waals surface area contributed by atoms with E-state index >= 15 is 0 Å². The Labute approximate surface area is 184 Å². The summed E-state index contributed by atoms with van der Waals surface area (Å²) >= 11 is 0. The minimum absolute atomic E-state index is 0.149. The van der Waals surface area contributed by atoms with Crippen molar-refractivity contribution in [3.8, 4) is 5.75 Å². The standard InChI is InChI=1S/C26H31N3O2/c30-25-24(13-16-29(26(25)31)20-23-9-5-2-6-10-23)18-27-17-21-11-14-28(15-12-21)19-22-7-3-1-4-8-22/h1-10,13,16,21,27,30H,11-12,14-15,17-20H2. The third kappa shape index (κ3) is 5.84. The summed E-state index contributed by atoms with van der Waals surface area (Å²) in [6.45, 7) is 5.13.